The largest absolute Gasteiger partial charge is 0.348 e. The number of amides is 1. The Kier molecular flexibility index (Phi) is 7.48. The standard InChI is InChI=1S/C19H25N5O3.2ClH/c1-10(2)9-24-16-15(18(26)23-19(24)27)13(7-14(22-16)11-3-4-11)17(25)21-12-5-6-20-8-12;;/h7,10-12,20H,3-6,8-9H2,1-2H3,(H,21,25)(H,23,26,27);2*1H. The number of nitrogens with zero attached hydrogens (tertiary/aromatic N) is 2. The minimum absolute atomic E-state index is 0. The summed E-state index contributed by atoms with van der Waals surface area (Å²) in [7, 11) is 0. The van der Waals surface area contributed by atoms with Gasteiger partial charge in [0.2, 0.25) is 0 Å². The molecule has 160 valence electrons. The Morgan fingerprint density at radius 1 is 1.28 bits per heavy atom. The number of rotatable bonds is 5. The molecule has 0 radical (unpaired) electrons. The number of fused-ring (bicyclic) bond motifs is 1. The van der Waals surface area contributed by atoms with E-state index in [1.165, 1.54) is 4.57 Å². The van der Waals surface area contributed by atoms with E-state index in [1.807, 2.05) is 13.8 Å². The summed E-state index contributed by atoms with van der Waals surface area (Å²) in [6, 6.07) is 1.78. The quantitative estimate of drug-likeness (QED) is 0.649. The van der Waals surface area contributed by atoms with Gasteiger partial charge in [-0.05, 0) is 37.8 Å². The van der Waals surface area contributed by atoms with Crippen molar-refractivity contribution >= 4 is 41.8 Å². The Morgan fingerprint density at radius 3 is 2.59 bits per heavy atom. The fourth-order valence-electron chi connectivity index (χ4n) is 3.64. The van der Waals surface area contributed by atoms with Gasteiger partial charge in [0.15, 0.2) is 5.65 Å². The van der Waals surface area contributed by atoms with Gasteiger partial charge in [-0.15, -0.1) is 24.8 Å². The Hall–Kier alpha value is -1.90. The van der Waals surface area contributed by atoms with Gasteiger partial charge in [0, 0.05) is 30.7 Å². The molecule has 2 aromatic rings. The van der Waals surface area contributed by atoms with Gasteiger partial charge in [-0.1, -0.05) is 13.8 Å². The number of nitrogens with one attached hydrogen (secondary N) is 3. The zero-order chi connectivity index (χ0) is 19.1. The van der Waals surface area contributed by atoms with Crippen LogP contribution in [0.5, 0.6) is 0 Å². The van der Waals surface area contributed by atoms with Crippen LogP contribution >= 0.6 is 24.8 Å². The van der Waals surface area contributed by atoms with E-state index in [2.05, 4.69) is 20.6 Å². The maximum atomic E-state index is 13.0. The van der Waals surface area contributed by atoms with Crippen molar-refractivity contribution < 1.29 is 4.79 Å². The minimum atomic E-state index is -0.556. The van der Waals surface area contributed by atoms with Crippen LogP contribution in [-0.2, 0) is 6.54 Å². The molecule has 3 heterocycles. The molecule has 1 saturated heterocycles. The SMILES string of the molecule is CC(C)Cn1c(=O)[nH]c(=O)c2c(C(=O)NC3CCNC3)cc(C3CC3)nc21.Cl.Cl. The Morgan fingerprint density at radius 2 is 2.00 bits per heavy atom. The van der Waals surface area contributed by atoms with E-state index in [1.54, 1.807) is 6.07 Å². The molecule has 1 aliphatic heterocycles. The summed E-state index contributed by atoms with van der Waals surface area (Å²) in [4.78, 5) is 45.0. The average Bonchev–Trinajstić information content (AvgIpc) is 3.35. The van der Waals surface area contributed by atoms with Crippen molar-refractivity contribution in [3.8, 4) is 0 Å². The number of carbonyl (C=O) groups excluding carboxylic acids is 1. The van der Waals surface area contributed by atoms with Crippen molar-refractivity contribution in [3.05, 3.63) is 38.2 Å². The van der Waals surface area contributed by atoms with Crippen LogP contribution in [0.15, 0.2) is 15.7 Å². The number of hydrogen-bond acceptors (Lipinski definition) is 5. The van der Waals surface area contributed by atoms with Gasteiger partial charge in [-0.25, -0.2) is 9.78 Å². The van der Waals surface area contributed by atoms with Crippen molar-refractivity contribution in [2.45, 2.75) is 51.6 Å². The highest BCUT2D eigenvalue weighted by Gasteiger charge is 2.29. The molecule has 1 unspecified atom stereocenters. The Balaban J connectivity index is 0.00000150. The third kappa shape index (κ3) is 4.82. The first-order chi connectivity index (χ1) is 12.9. The van der Waals surface area contributed by atoms with Crippen LogP contribution in [0, 0.1) is 5.92 Å². The van der Waals surface area contributed by atoms with Crippen LogP contribution in [0.2, 0.25) is 0 Å². The summed E-state index contributed by atoms with van der Waals surface area (Å²) in [5, 5.41) is 6.42. The van der Waals surface area contributed by atoms with Crippen LogP contribution in [-0.4, -0.2) is 39.6 Å². The molecule has 29 heavy (non-hydrogen) atoms. The number of H-pyrrole nitrogens is 1. The van der Waals surface area contributed by atoms with Crippen molar-refractivity contribution in [2.75, 3.05) is 13.1 Å². The van der Waals surface area contributed by atoms with Crippen molar-refractivity contribution in [3.63, 3.8) is 0 Å². The maximum absolute atomic E-state index is 13.0. The number of aromatic nitrogens is 3. The van der Waals surface area contributed by atoms with Gasteiger partial charge in [0.25, 0.3) is 11.5 Å². The highest BCUT2D eigenvalue weighted by atomic mass is 35.5. The second kappa shape index (κ2) is 9.28. The van der Waals surface area contributed by atoms with E-state index >= 15 is 0 Å². The van der Waals surface area contributed by atoms with E-state index < -0.39 is 11.2 Å². The molecule has 1 atom stereocenters. The van der Waals surface area contributed by atoms with E-state index in [4.69, 9.17) is 0 Å². The van der Waals surface area contributed by atoms with E-state index in [-0.39, 0.29) is 48.1 Å². The van der Waals surface area contributed by atoms with E-state index in [9.17, 15) is 14.4 Å². The first kappa shape index (κ1) is 23.4. The fourth-order valence-corrected chi connectivity index (χ4v) is 3.64. The van der Waals surface area contributed by atoms with Gasteiger partial charge < -0.3 is 10.6 Å². The maximum Gasteiger partial charge on any atom is 0.330 e. The summed E-state index contributed by atoms with van der Waals surface area (Å²) < 4.78 is 1.49. The van der Waals surface area contributed by atoms with E-state index in [0.717, 1.165) is 38.0 Å². The first-order valence-corrected chi connectivity index (χ1v) is 9.63. The Labute approximate surface area is 180 Å². The minimum Gasteiger partial charge on any atom is -0.348 e. The fraction of sp³-hybridized carbons (Fsp3) is 0.579. The molecular formula is C19H27Cl2N5O3. The smallest absolute Gasteiger partial charge is 0.330 e. The number of aromatic amines is 1. The normalized spacial score (nSPS) is 18.4. The predicted molar refractivity (Wildman–Crippen MR) is 117 cm³/mol. The summed E-state index contributed by atoms with van der Waals surface area (Å²) in [6.07, 6.45) is 2.89. The first-order valence-electron chi connectivity index (χ1n) is 9.63. The van der Waals surface area contributed by atoms with Gasteiger partial charge in [0.05, 0.1) is 10.9 Å². The molecule has 2 aliphatic rings. The lowest BCUT2D eigenvalue weighted by Crippen LogP contribution is -2.38. The molecule has 1 amide bonds. The predicted octanol–water partition coefficient (Wildman–Crippen LogP) is 1.55. The summed E-state index contributed by atoms with van der Waals surface area (Å²) >= 11 is 0. The lowest BCUT2D eigenvalue weighted by Gasteiger charge is -2.16. The molecule has 0 spiro atoms. The summed E-state index contributed by atoms with van der Waals surface area (Å²) in [6.45, 7) is 6.01. The van der Waals surface area contributed by atoms with Crippen molar-refractivity contribution in [2.24, 2.45) is 5.92 Å². The number of carbonyl (C=O) groups is 1. The second-order valence-corrected chi connectivity index (χ2v) is 7.99. The number of pyridine rings is 1. The van der Waals surface area contributed by atoms with E-state index in [0.29, 0.717) is 23.7 Å². The highest BCUT2D eigenvalue weighted by molar-refractivity contribution is 6.05. The molecule has 8 nitrogen and oxygen atoms in total. The topological polar surface area (TPSA) is 109 Å². The van der Waals surface area contributed by atoms with Crippen LogP contribution in [0.25, 0.3) is 11.0 Å². The molecule has 0 aromatic carbocycles. The summed E-state index contributed by atoms with van der Waals surface area (Å²) in [5.74, 6) is 0.222. The van der Waals surface area contributed by atoms with Crippen LogP contribution in [0.1, 0.15) is 55.1 Å². The van der Waals surface area contributed by atoms with Gasteiger partial charge >= 0.3 is 5.69 Å². The van der Waals surface area contributed by atoms with Crippen LogP contribution in [0.4, 0.5) is 0 Å². The van der Waals surface area contributed by atoms with Crippen LogP contribution < -0.4 is 21.9 Å². The third-order valence-electron chi connectivity index (χ3n) is 5.15. The summed E-state index contributed by atoms with van der Waals surface area (Å²) in [5.41, 5.74) is 0.386. The van der Waals surface area contributed by atoms with Gasteiger partial charge in [-0.2, -0.15) is 0 Å². The molecular weight excluding hydrogens is 417 g/mol. The molecule has 1 aliphatic carbocycles. The molecule has 2 aromatic heterocycles. The number of halogens is 2. The number of hydrogen-bond donors (Lipinski definition) is 3. The third-order valence-corrected chi connectivity index (χ3v) is 5.15. The molecule has 10 heteroatoms. The van der Waals surface area contributed by atoms with Crippen molar-refractivity contribution in [1.29, 1.82) is 0 Å². The second-order valence-electron chi connectivity index (χ2n) is 7.99. The van der Waals surface area contributed by atoms with Gasteiger partial charge in [-0.3, -0.25) is 19.1 Å². The zero-order valence-electron chi connectivity index (χ0n) is 16.5. The van der Waals surface area contributed by atoms with Crippen LogP contribution in [0.3, 0.4) is 0 Å². The lowest BCUT2D eigenvalue weighted by molar-refractivity contribution is 0.0941. The molecule has 0 bridgehead atoms. The lowest BCUT2D eigenvalue weighted by atomic mass is 10.1. The highest BCUT2D eigenvalue weighted by Crippen LogP contribution is 2.39. The molecule has 3 N–H and O–H groups in total. The average molecular weight is 444 g/mol. The zero-order valence-corrected chi connectivity index (χ0v) is 18.1. The Bertz CT molecular complexity index is 1010. The van der Waals surface area contributed by atoms with Crippen molar-refractivity contribution in [1.82, 2.24) is 25.2 Å². The molecule has 4 rings (SSSR count). The monoisotopic (exact) mass is 443 g/mol. The van der Waals surface area contributed by atoms with Gasteiger partial charge in [0.1, 0.15) is 0 Å². The molecule has 2 fully saturated rings. The molecule has 1 saturated carbocycles.